The number of nitrogens with zero attached hydrogens (tertiary/aromatic N) is 1. The van der Waals surface area contributed by atoms with E-state index in [0.29, 0.717) is 6.04 Å². The molecule has 0 aromatic rings. The van der Waals surface area contributed by atoms with Crippen LogP contribution >= 0.6 is 0 Å². The van der Waals surface area contributed by atoms with Crippen LogP contribution in [0.3, 0.4) is 0 Å². The average molecular weight is 267 g/mol. The van der Waals surface area contributed by atoms with Crippen LogP contribution in [-0.4, -0.2) is 50.2 Å². The van der Waals surface area contributed by atoms with Gasteiger partial charge in [-0.25, -0.2) is 0 Å². The van der Waals surface area contributed by atoms with Crippen molar-refractivity contribution >= 4 is 0 Å². The summed E-state index contributed by atoms with van der Waals surface area (Å²) in [6.07, 6.45) is 9.83. The largest absolute Gasteiger partial charge is 0.314 e. The third-order valence-corrected chi connectivity index (χ3v) is 4.82. The summed E-state index contributed by atoms with van der Waals surface area (Å²) in [6, 6.07) is 2.11. The van der Waals surface area contributed by atoms with Crippen LogP contribution in [0.1, 0.15) is 51.9 Å². The highest BCUT2D eigenvalue weighted by Gasteiger charge is 2.32. The monoisotopic (exact) mass is 267 g/mol. The maximum absolute atomic E-state index is 3.92. The fraction of sp³-hybridized carbons (Fsp3) is 1.00. The van der Waals surface area contributed by atoms with E-state index in [1.165, 1.54) is 51.5 Å². The van der Waals surface area contributed by atoms with Gasteiger partial charge in [-0.2, -0.15) is 0 Å². The Morgan fingerprint density at radius 2 is 1.84 bits per heavy atom. The summed E-state index contributed by atoms with van der Waals surface area (Å²) >= 11 is 0. The predicted molar refractivity (Wildman–Crippen MR) is 82.5 cm³/mol. The van der Waals surface area contributed by atoms with Gasteiger partial charge < -0.3 is 15.5 Å². The second-order valence-corrected chi connectivity index (χ2v) is 6.94. The molecule has 2 aliphatic rings. The topological polar surface area (TPSA) is 27.3 Å². The standard InChI is InChI=1S/C16H33N3/c1-13(12-19(2)3)18-16-10-5-4-8-14(16)15-9-6-7-11-17-15/h13-18H,4-12H2,1-3H3. The zero-order chi connectivity index (χ0) is 13.7. The molecule has 19 heavy (non-hydrogen) atoms. The predicted octanol–water partition coefficient (Wildman–Crippen LogP) is 2.23. The fourth-order valence-corrected chi connectivity index (χ4v) is 4.06. The first-order chi connectivity index (χ1) is 9.16. The molecule has 2 fully saturated rings. The number of hydrogen-bond acceptors (Lipinski definition) is 3. The van der Waals surface area contributed by atoms with Crippen LogP contribution in [0.2, 0.25) is 0 Å². The van der Waals surface area contributed by atoms with E-state index in [-0.39, 0.29) is 0 Å². The zero-order valence-electron chi connectivity index (χ0n) is 13.1. The quantitative estimate of drug-likeness (QED) is 0.800. The second-order valence-electron chi connectivity index (χ2n) is 6.94. The Morgan fingerprint density at radius 1 is 1.11 bits per heavy atom. The molecule has 112 valence electrons. The molecule has 4 unspecified atom stereocenters. The van der Waals surface area contributed by atoms with E-state index < -0.39 is 0 Å². The highest BCUT2D eigenvalue weighted by molar-refractivity contribution is 4.91. The lowest BCUT2D eigenvalue weighted by Gasteiger charge is -2.41. The number of nitrogens with one attached hydrogen (secondary N) is 2. The minimum Gasteiger partial charge on any atom is -0.314 e. The molecule has 2 rings (SSSR count). The summed E-state index contributed by atoms with van der Waals surface area (Å²) in [5.41, 5.74) is 0. The van der Waals surface area contributed by atoms with Gasteiger partial charge in [-0.15, -0.1) is 0 Å². The molecule has 1 aliphatic carbocycles. The smallest absolute Gasteiger partial charge is 0.0169 e. The molecule has 1 heterocycles. The Kier molecular flexibility index (Phi) is 6.11. The maximum atomic E-state index is 3.92. The third-order valence-electron chi connectivity index (χ3n) is 4.82. The molecule has 0 radical (unpaired) electrons. The summed E-state index contributed by atoms with van der Waals surface area (Å²) in [5.74, 6) is 0.860. The molecule has 1 saturated heterocycles. The van der Waals surface area contributed by atoms with E-state index in [2.05, 4.69) is 36.6 Å². The van der Waals surface area contributed by atoms with E-state index in [4.69, 9.17) is 0 Å². The summed E-state index contributed by atoms with van der Waals surface area (Å²) in [4.78, 5) is 2.29. The highest BCUT2D eigenvalue weighted by atomic mass is 15.1. The highest BCUT2D eigenvalue weighted by Crippen LogP contribution is 2.30. The summed E-state index contributed by atoms with van der Waals surface area (Å²) in [5, 5.41) is 7.70. The molecule has 0 amide bonds. The first-order valence-electron chi connectivity index (χ1n) is 8.31. The zero-order valence-corrected chi connectivity index (χ0v) is 13.1. The first-order valence-corrected chi connectivity index (χ1v) is 8.31. The molecule has 4 atom stereocenters. The lowest BCUT2D eigenvalue weighted by atomic mass is 9.77. The average Bonchev–Trinajstić information content (AvgIpc) is 2.39. The van der Waals surface area contributed by atoms with Gasteiger partial charge in [0.2, 0.25) is 0 Å². The van der Waals surface area contributed by atoms with Gasteiger partial charge in [0.1, 0.15) is 0 Å². The van der Waals surface area contributed by atoms with E-state index in [0.717, 1.165) is 24.5 Å². The molecule has 0 bridgehead atoms. The number of piperidine rings is 1. The van der Waals surface area contributed by atoms with Crippen molar-refractivity contribution in [2.45, 2.75) is 70.0 Å². The Hall–Kier alpha value is -0.120. The number of rotatable bonds is 5. The van der Waals surface area contributed by atoms with Crippen molar-refractivity contribution in [3.8, 4) is 0 Å². The van der Waals surface area contributed by atoms with Gasteiger partial charge in [0.15, 0.2) is 0 Å². The molecule has 0 aromatic heterocycles. The van der Waals surface area contributed by atoms with Gasteiger partial charge in [-0.3, -0.25) is 0 Å². The van der Waals surface area contributed by atoms with E-state index in [9.17, 15) is 0 Å². The Labute approximate surface area is 119 Å². The van der Waals surface area contributed by atoms with Gasteiger partial charge in [0.25, 0.3) is 0 Å². The molecule has 0 spiro atoms. The van der Waals surface area contributed by atoms with Gasteiger partial charge in [-0.1, -0.05) is 19.3 Å². The van der Waals surface area contributed by atoms with Crippen molar-refractivity contribution in [1.29, 1.82) is 0 Å². The van der Waals surface area contributed by atoms with Crippen molar-refractivity contribution in [3.05, 3.63) is 0 Å². The summed E-state index contributed by atoms with van der Waals surface area (Å²) in [6.45, 7) is 4.71. The fourth-order valence-electron chi connectivity index (χ4n) is 4.06. The minimum atomic E-state index is 0.601. The number of likely N-dealkylation sites (N-methyl/N-ethyl adjacent to an activating group) is 1. The van der Waals surface area contributed by atoms with Crippen LogP contribution < -0.4 is 10.6 Å². The normalized spacial score (nSPS) is 34.4. The first kappa shape index (κ1) is 15.3. The Morgan fingerprint density at radius 3 is 2.53 bits per heavy atom. The summed E-state index contributed by atoms with van der Waals surface area (Å²) in [7, 11) is 4.33. The molecule has 2 N–H and O–H groups in total. The van der Waals surface area contributed by atoms with Crippen molar-refractivity contribution in [2.24, 2.45) is 5.92 Å². The second kappa shape index (κ2) is 7.61. The minimum absolute atomic E-state index is 0.601. The van der Waals surface area contributed by atoms with Crippen LogP contribution in [0.15, 0.2) is 0 Å². The van der Waals surface area contributed by atoms with E-state index in [1.54, 1.807) is 0 Å². The van der Waals surface area contributed by atoms with Crippen molar-refractivity contribution < 1.29 is 0 Å². The van der Waals surface area contributed by atoms with Crippen molar-refractivity contribution in [3.63, 3.8) is 0 Å². The molecule has 1 aliphatic heterocycles. The van der Waals surface area contributed by atoms with Crippen LogP contribution in [0.5, 0.6) is 0 Å². The van der Waals surface area contributed by atoms with Crippen LogP contribution in [0.25, 0.3) is 0 Å². The molecule has 3 nitrogen and oxygen atoms in total. The van der Waals surface area contributed by atoms with Crippen molar-refractivity contribution in [1.82, 2.24) is 15.5 Å². The van der Waals surface area contributed by atoms with E-state index >= 15 is 0 Å². The Balaban J connectivity index is 1.87. The van der Waals surface area contributed by atoms with Crippen LogP contribution in [0, 0.1) is 5.92 Å². The third kappa shape index (κ3) is 4.73. The van der Waals surface area contributed by atoms with Gasteiger partial charge >= 0.3 is 0 Å². The SMILES string of the molecule is CC(CN(C)C)NC1CCCCC1C1CCCCN1. The van der Waals surface area contributed by atoms with Crippen LogP contribution in [0.4, 0.5) is 0 Å². The molecule has 3 heteroatoms. The lowest BCUT2D eigenvalue weighted by Crippen LogP contribution is -2.53. The lowest BCUT2D eigenvalue weighted by molar-refractivity contribution is 0.167. The van der Waals surface area contributed by atoms with Gasteiger partial charge in [-0.05, 0) is 59.2 Å². The van der Waals surface area contributed by atoms with E-state index in [1.807, 2.05) is 0 Å². The molecule has 1 saturated carbocycles. The van der Waals surface area contributed by atoms with Crippen molar-refractivity contribution in [2.75, 3.05) is 27.2 Å². The molecular weight excluding hydrogens is 234 g/mol. The number of hydrogen-bond donors (Lipinski definition) is 2. The molecular formula is C16H33N3. The Bertz CT molecular complexity index is 248. The van der Waals surface area contributed by atoms with Gasteiger partial charge in [0, 0.05) is 24.7 Å². The maximum Gasteiger partial charge on any atom is 0.0169 e. The molecule has 0 aromatic carbocycles. The van der Waals surface area contributed by atoms with Crippen LogP contribution in [-0.2, 0) is 0 Å². The summed E-state index contributed by atoms with van der Waals surface area (Å²) < 4.78 is 0. The van der Waals surface area contributed by atoms with Gasteiger partial charge in [0.05, 0.1) is 0 Å².